The smallest absolute Gasteiger partial charge is 0.230 e. The van der Waals surface area contributed by atoms with E-state index in [1.807, 2.05) is 12.1 Å². The number of hydrogen-bond donors (Lipinski definition) is 1. The van der Waals surface area contributed by atoms with E-state index in [9.17, 15) is 4.79 Å². The average Bonchev–Trinajstić information content (AvgIpc) is 3.18. The number of aromatic nitrogens is 1. The minimum Gasteiger partial charge on any atom is -0.349 e. The zero-order valence-corrected chi connectivity index (χ0v) is 18.3. The van der Waals surface area contributed by atoms with Crippen LogP contribution in [0.1, 0.15) is 52.4 Å². The van der Waals surface area contributed by atoms with Gasteiger partial charge >= 0.3 is 0 Å². The summed E-state index contributed by atoms with van der Waals surface area (Å²) in [6.07, 6.45) is 7.42. The Morgan fingerprint density at radius 2 is 1.66 bits per heavy atom. The van der Waals surface area contributed by atoms with Gasteiger partial charge in [-0.25, -0.2) is 4.98 Å². The molecule has 1 aromatic carbocycles. The zero-order valence-electron chi connectivity index (χ0n) is 17.5. The molecule has 0 unspecified atom stereocenters. The molecule has 1 heterocycles. The van der Waals surface area contributed by atoms with Gasteiger partial charge < -0.3 is 10.2 Å². The maximum absolute atomic E-state index is 13.2. The largest absolute Gasteiger partial charge is 0.349 e. The molecule has 6 rings (SSSR count). The standard InChI is InChI=1S/C24H31N3OS/c1-3-27(4-2)23-26-21(15-29-23)19-5-7-20(8-6-19)25-22(28)24-12-16-9-17(13-24)11-18(10-16)14-24/h5-8,15-18H,3-4,9-14H2,1-2H3,(H,25,28). The summed E-state index contributed by atoms with van der Waals surface area (Å²) in [5.41, 5.74) is 2.93. The second-order valence-electron chi connectivity index (χ2n) is 9.42. The summed E-state index contributed by atoms with van der Waals surface area (Å²) < 4.78 is 0. The molecule has 0 spiro atoms. The molecule has 0 saturated heterocycles. The Balaban J connectivity index is 1.28. The van der Waals surface area contributed by atoms with Crippen molar-refractivity contribution in [3.05, 3.63) is 29.6 Å². The fraction of sp³-hybridized carbons (Fsp3) is 0.583. The molecular weight excluding hydrogens is 378 g/mol. The highest BCUT2D eigenvalue weighted by Crippen LogP contribution is 2.60. The Kier molecular flexibility index (Phi) is 4.89. The number of thiazole rings is 1. The van der Waals surface area contributed by atoms with Crippen molar-refractivity contribution in [3.63, 3.8) is 0 Å². The van der Waals surface area contributed by atoms with Crippen LogP contribution < -0.4 is 10.2 Å². The lowest BCUT2D eigenvalue weighted by atomic mass is 9.49. The molecule has 4 aliphatic carbocycles. The van der Waals surface area contributed by atoms with Crippen LogP contribution in [-0.4, -0.2) is 24.0 Å². The van der Waals surface area contributed by atoms with E-state index < -0.39 is 0 Å². The molecule has 29 heavy (non-hydrogen) atoms. The predicted molar refractivity (Wildman–Crippen MR) is 120 cm³/mol. The summed E-state index contributed by atoms with van der Waals surface area (Å²) in [5, 5.41) is 6.45. The second-order valence-corrected chi connectivity index (χ2v) is 10.3. The molecule has 1 amide bonds. The van der Waals surface area contributed by atoms with Gasteiger partial charge in [-0.15, -0.1) is 11.3 Å². The SMILES string of the molecule is CCN(CC)c1nc(-c2ccc(NC(=O)C34CC5CC(CC(C5)C3)C4)cc2)cs1. The van der Waals surface area contributed by atoms with Gasteiger partial charge in [0.2, 0.25) is 5.91 Å². The maximum atomic E-state index is 13.2. The van der Waals surface area contributed by atoms with Gasteiger partial charge in [0.25, 0.3) is 0 Å². The van der Waals surface area contributed by atoms with Crippen LogP contribution in [0.5, 0.6) is 0 Å². The van der Waals surface area contributed by atoms with Crippen molar-refractivity contribution < 1.29 is 4.79 Å². The van der Waals surface area contributed by atoms with Crippen LogP contribution in [-0.2, 0) is 4.79 Å². The van der Waals surface area contributed by atoms with Crippen LogP contribution >= 0.6 is 11.3 Å². The summed E-state index contributed by atoms with van der Waals surface area (Å²) in [6.45, 7) is 6.26. The third-order valence-corrected chi connectivity index (χ3v) is 8.39. The molecule has 0 atom stereocenters. The Hall–Kier alpha value is -1.88. The highest BCUT2D eigenvalue weighted by Gasteiger charge is 2.54. The molecule has 4 bridgehead atoms. The summed E-state index contributed by atoms with van der Waals surface area (Å²) in [7, 11) is 0. The van der Waals surface area contributed by atoms with E-state index >= 15 is 0 Å². The summed E-state index contributed by atoms with van der Waals surface area (Å²) >= 11 is 1.69. The Morgan fingerprint density at radius 1 is 1.07 bits per heavy atom. The van der Waals surface area contributed by atoms with Gasteiger partial charge in [0.15, 0.2) is 5.13 Å². The molecule has 1 N–H and O–H groups in total. The topological polar surface area (TPSA) is 45.2 Å². The van der Waals surface area contributed by atoms with E-state index in [-0.39, 0.29) is 11.3 Å². The van der Waals surface area contributed by atoms with E-state index in [1.165, 1.54) is 19.3 Å². The van der Waals surface area contributed by atoms with Crippen molar-refractivity contribution in [1.29, 1.82) is 0 Å². The van der Waals surface area contributed by atoms with E-state index in [1.54, 1.807) is 11.3 Å². The number of amides is 1. The summed E-state index contributed by atoms with van der Waals surface area (Å²) in [4.78, 5) is 20.3. The Labute approximate surface area is 177 Å². The number of nitrogens with one attached hydrogen (secondary N) is 1. The number of rotatable bonds is 6. The molecular formula is C24H31N3OS. The quantitative estimate of drug-likeness (QED) is 0.655. The summed E-state index contributed by atoms with van der Waals surface area (Å²) in [6, 6.07) is 8.22. The van der Waals surface area contributed by atoms with E-state index in [0.29, 0.717) is 0 Å². The molecule has 0 aliphatic heterocycles. The maximum Gasteiger partial charge on any atom is 0.230 e. The average molecular weight is 410 g/mol. The summed E-state index contributed by atoms with van der Waals surface area (Å²) in [5.74, 6) is 2.64. The van der Waals surface area contributed by atoms with Crippen molar-refractivity contribution in [2.75, 3.05) is 23.3 Å². The van der Waals surface area contributed by atoms with E-state index in [2.05, 4.69) is 41.6 Å². The third-order valence-electron chi connectivity index (χ3n) is 7.48. The highest BCUT2D eigenvalue weighted by atomic mass is 32.1. The van der Waals surface area contributed by atoms with Crippen molar-refractivity contribution >= 4 is 28.1 Å². The molecule has 4 saturated carbocycles. The number of hydrogen-bond acceptors (Lipinski definition) is 4. The lowest BCUT2D eigenvalue weighted by molar-refractivity contribution is -0.140. The van der Waals surface area contributed by atoms with Gasteiger partial charge in [0.1, 0.15) is 0 Å². The van der Waals surface area contributed by atoms with Gasteiger partial charge in [0, 0.05) is 29.7 Å². The fourth-order valence-corrected chi connectivity index (χ4v) is 7.38. The molecule has 154 valence electrons. The molecule has 4 aliphatic rings. The minimum absolute atomic E-state index is 0.0962. The molecule has 4 fully saturated rings. The Morgan fingerprint density at radius 3 is 2.21 bits per heavy atom. The van der Waals surface area contributed by atoms with Crippen LogP contribution in [0.15, 0.2) is 29.6 Å². The highest BCUT2D eigenvalue weighted by molar-refractivity contribution is 7.14. The third kappa shape index (κ3) is 3.48. The normalized spacial score (nSPS) is 29.8. The molecule has 5 heteroatoms. The van der Waals surface area contributed by atoms with Crippen molar-refractivity contribution in [2.24, 2.45) is 23.2 Å². The monoisotopic (exact) mass is 409 g/mol. The first-order valence-electron chi connectivity index (χ1n) is 11.2. The van der Waals surface area contributed by atoms with Crippen molar-refractivity contribution in [1.82, 2.24) is 4.98 Å². The molecule has 4 nitrogen and oxygen atoms in total. The van der Waals surface area contributed by atoms with Crippen molar-refractivity contribution in [2.45, 2.75) is 52.4 Å². The number of carbonyl (C=O) groups excluding carboxylic acids is 1. The molecule has 0 radical (unpaired) electrons. The van der Waals surface area contributed by atoms with Crippen LogP contribution in [0, 0.1) is 23.2 Å². The van der Waals surface area contributed by atoms with Gasteiger partial charge in [-0.3, -0.25) is 4.79 Å². The van der Waals surface area contributed by atoms with Gasteiger partial charge in [-0.2, -0.15) is 0 Å². The van der Waals surface area contributed by atoms with Crippen LogP contribution in [0.2, 0.25) is 0 Å². The van der Waals surface area contributed by atoms with E-state index in [4.69, 9.17) is 4.98 Å². The number of anilines is 2. The zero-order chi connectivity index (χ0) is 20.0. The molecule has 2 aromatic rings. The minimum atomic E-state index is -0.0962. The Bertz CT molecular complexity index is 849. The van der Waals surface area contributed by atoms with Crippen LogP contribution in [0.25, 0.3) is 11.3 Å². The predicted octanol–water partition coefficient (Wildman–Crippen LogP) is 5.81. The van der Waals surface area contributed by atoms with Crippen molar-refractivity contribution in [3.8, 4) is 11.3 Å². The first-order valence-corrected chi connectivity index (χ1v) is 12.1. The van der Waals surface area contributed by atoms with Gasteiger partial charge in [-0.05, 0) is 82.3 Å². The number of carbonyl (C=O) groups is 1. The first-order chi connectivity index (χ1) is 14.1. The fourth-order valence-electron chi connectivity index (χ4n) is 6.41. The molecule has 1 aromatic heterocycles. The van der Waals surface area contributed by atoms with E-state index in [0.717, 1.165) is 72.2 Å². The van der Waals surface area contributed by atoms with Gasteiger partial charge in [-0.1, -0.05) is 12.1 Å². The number of nitrogens with zero attached hydrogens (tertiary/aromatic N) is 2. The lowest BCUT2D eigenvalue weighted by Crippen LogP contribution is -2.51. The van der Waals surface area contributed by atoms with Gasteiger partial charge in [0.05, 0.1) is 11.1 Å². The van der Waals surface area contributed by atoms with Crippen LogP contribution in [0.4, 0.5) is 10.8 Å². The lowest BCUT2D eigenvalue weighted by Gasteiger charge is -2.55. The number of benzene rings is 1. The second kappa shape index (κ2) is 7.42. The van der Waals surface area contributed by atoms with Crippen LogP contribution in [0.3, 0.4) is 0 Å². The first kappa shape index (κ1) is 19.1.